The lowest BCUT2D eigenvalue weighted by molar-refractivity contribution is -0.122. The van der Waals surface area contributed by atoms with Gasteiger partial charge in [0.2, 0.25) is 11.9 Å². The minimum absolute atomic E-state index is 0.0767. The zero-order valence-corrected chi connectivity index (χ0v) is 19.0. The number of fused-ring (bicyclic) bond motifs is 2. The zero-order chi connectivity index (χ0) is 22.1. The second-order valence-corrected chi connectivity index (χ2v) is 11.8. The third kappa shape index (κ3) is 3.25. The van der Waals surface area contributed by atoms with Crippen molar-refractivity contribution in [3.63, 3.8) is 0 Å². The van der Waals surface area contributed by atoms with Gasteiger partial charge in [0.1, 0.15) is 5.69 Å². The second-order valence-electron chi connectivity index (χ2n) is 9.75. The predicted molar refractivity (Wildman–Crippen MR) is 123 cm³/mol. The fourth-order valence-corrected chi connectivity index (χ4v) is 7.08. The number of nitrogens with one attached hydrogen (secondary N) is 1. The Morgan fingerprint density at radius 3 is 2.62 bits per heavy atom. The van der Waals surface area contributed by atoms with Crippen LogP contribution in [0, 0.1) is 5.41 Å². The van der Waals surface area contributed by atoms with Gasteiger partial charge < -0.3 is 15.1 Å². The van der Waals surface area contributed by atoms with Crippen LogP contribution in [0.15, 0.2) is 24.4 Å². The number of hydrogen-bond donors (Lipinski definition) is 1. The molecule has 9 heteroatoms. The molecule has 1 aromatic heterocycles. The highest BCUT2D eigenvalue weighted by atomic mass is 32.2. The maximum atomic E-state index is 13.2. The number of sulfone groups is 1. The van der Waals surface area contributed by atoms with E-state index < -0.39 is 9.84 Å². The fraction of sp³-hybridized carbons (Fsp3) is 0.522. The van der Waals surface area contributed by atoms with Crippen molar-refractivity contribution in [2.24, 2.45) is 5.41 Å². The summed E-state index contributed by atoms with van der Waals surface area (Å²) in [7, 11) is -1.22. The van der Waals surface area contributed by atoms with Gasteiger partial charge in [-0.3, -0.25) is 4.79 Å². The Hall–Kier alpha value is -2.68. The van der Waals surface area contributed by atoms with Gasteiger partial charge in [0.05, 0.1) is 23.1 Å². The summed E-state index contributed by atoms with van der Waals surface area (Å²) in [4.78, 5) is 26.7. The van der Waals surface area contributed by atoms with Gasteiger partial charge >= 0.3 is 0 Å². The molecule has 168 valence electrons. The number of carbonyl (C=O) groups excluding carboxylic acids is 1. The smallest absolute Gasteiger partial charge is 0.234 e. The number of nitrogens with zero attached hydrogens (tertiary/aromatic N) is 4. The molecule has 2 saturated carbocycles. The lowest BCUT2D eigenvalue weighted by Gasteiger charge is -2.31. The zero-order valence-electron chi connectivity index (χ0n) is 18.2. The maximum absolute atomic E-state index is 13.2. The topological polar surface area (TPSA) is 95.5 Å². The molecule has 0 saturated heterocycles. The summed E-state index contributed by atoms with van der Waals surface area (Å²) in [6.07, 6.45) is 8.28. The highest BCUT2D eigenvalue weighted by Crippen LogP contribution is 2.52. The van der Waals surface area contributed by atoms with Crippen LogP contribution in [0.2, 0.25) is 0 Å². The molecule has 0 atom stereocenters. The molecule has 2 aromatic rings. The predicted octanol–water partition coefficient (Wildman–Crippen LogP) is 3.15. The van der Waals surface area contributed by atoms with Crippen LogP contribution in [0.25, 0.3) is 0 Å². The van der Waals surface area contributed by atoms with Crippen LogP contribution < -0.4 is 15.1 Å². The molecule has 32 heavy (non-hydrogen) atoms. The van der Waals surface area contributed by atoms with Crippen molar-refractivity contribution in [2.75, 3.05) is 28.7 Å². The molecule has 1 amide bonds. The maximum Gasteiger partial charge on any atom is 0.234 e. The van der Waals surface area contributed by atoms with Crippen LogP contribution in [0.3, 0.4) is 0 Å². The molecule has 1 aromatic carbocycles. The van der Waals surface area contributed by atoms with E-state index in [0.717, 1.165) is 60.5 Å². The van der Waals surface area contributed by atoms with E-state index >= 15 is 0 Å². The third-order valence-electron chi connectivity index (χ3n) is 7.45. The largest absolute Gasteiger partial charge is 0.351 e. The van der Waals surface area contributed by atoms with Gasteiger partial charge in [0, 0.05) is 25.3 Å². The Labute approximate surface area is 188 Å². The van der Waals surface area contributed by atoms with Crippen LogP contribution in [0.5, 0.6) is 0 Å². The number of benzene rings is 1. The third-order valence-corrected chi connectivity index (χ3v) is 8.95. The Bertz CT molecular complexity index is 1220. The van der Waals surface area contributed by atoms with Gasteiger partial charge in [-0.15, -0.1) is 0 Å². The number of rotatable bonds is 3. The molecule has 2 aliphatic heterocycles. The van der Waals surface area contributed by atoms with Crippen molar-refractivity contribution in [3.05, 3.63) is 35.5 Å². The number of carbonyl (C=O) groups is 1. The first-order valence-electron chi connectivity index (χ1n) is 11.3. The Kier molecular flexibility index (Phi) is 4.31. The van der Waals surface area contributed by atoms with Crippen LogP contribution in [0.1, 0.15) is 49.7 Å². The van der Waals surface area contributed by atoms with E-state index in [1.54, 1.807) is 11.1 Å². The van der Waals surface area contributed by atoms with Gasteiger partial charge in [0.25, 0.3) is 0 Å². The average molecular weight is 454 g/mol. The van der Waals surface area contributed by atoms with Crippen LogP contribution >= 0.6 is 0 Å². The SMILES string of the molecule is CN1C(=O)C2(CC2)CN(C2CCCC2)c2nc(Nc3ccc4c(c3)CS(=O)(=O)C4)ncc21. The van der Waals surface area contributed by atoms with Gasteiger partial charge in [-0.25, -0.2) is 13.4 Å². The second kappa shape index (κ2) is 6.91. The van der Waals surface area contributed by atoms with E-state index in [0.29, 0.717) is 12.0 Å². The number of amides is 1. The number of anilines is 4. The van der Waals surface area contributed by atoms with Crippen molar-refractivity contribution in [2.45, 2.75) is 56.1 Å². The quantitative estimate of drug-likeness (QED) is 0.763. The van der Waals surface area contributed by atoms with Gasteiger partial charge in [-0.1, -0.05) is 18.9 Å². The van der Waals surface area contributed by atoms with E-state index in [2.05, 4.69) is 15.2 Å². The Morgan fingerprint density at radius 2 is 1.88 bits per heavy atom. The summed E-state index contributed by atoms with van der Waals surface area (Å²) >= 11 is 0. The standard InChI is InChI=1S/C23H27N5O3S/c1-27-19-11-24-22(25-17-7-6-15-12-32(30,31)13-16(15)10-17)26-20(19)28(18-4-2-3-5-18)14-23(8-9-23)21(27)29/h6-7,10-11,18H,2-5,8-9,12-14H2,1H3,(H,24,25,26). The molecule has 8 nitrogen and oxygen atoms in total. The highest BCUT2D eigenvalue weighted by Gasteiger charge is 2.55. The van der Waals surface area contributed by atoms with Gasteiger partial charge in [-0.2, -0.15) is 4.98 Å². The number of aromatic nitrogens is 2. The van der Waals surface area contributed by atoms with Crippen LogP contribution in [-0.2, 0) is 26.1 Å². The first kappa shape index (κ1) is 20.0. The summed E-state index contributed by atoms with van der Waals surface area (Å²) in [5.74, 6) is 1.63. The molecular formula is C23H27N5O3S. The van der Waals surface area contributed by atoms with E-state index in [1.807, 2.05) is 25.2 Å². The van der Waals surface area contributed by atoms with Crippen molar-refractivity contribution in [1.29, 1.82) is 0 Å². The van der Waals surface area contributed by atoms with E-state index in [-0.39, 0.29) is 22.8 Å². The molecule has 1 spiro atoms. The van der Waals surface area contributed by atoms with Crippen molar-refractivity contribution in [1.82, 2.24) is 9.97 Å². The molecular weight excluding hydrogens is 426 g/mol. The summed E-state index contributed by atoms with van der Waals surface area (Å²) in [6, 6.07) is 6.01. The lowest BCUT2D eigenvalue weighted by Crippen LogP contribution is -2.41. The lowest BCUT2D eigenvalue weighted by atomic mass is 10.0. The molecule has 1 N–H and O–H groups in total. The summed E-state index contributed by atoms with van der Waals surface area (Å²) < 4.78 is 23.9. The molecule has 2 fully saturated rings. The summed E-state index contributed by atoms with van der Waals surface area (Å²) in [5, 5.41) is 3.26. The monoisotopic (exact) mass is 453 g/mol. The van der Waals surface area contributed by atoms with Gasteiger partial charge in [0.15, 0.2) is 15.7 Å². The molecule has 0 bridgehead atoms. The molecule has 0 radical (unpaired) electrons. The fourth-order valence-electron chi connectivity index (χ4n) is 5.48. The first-order chi connectivity index (χ1) is 15.3. The van der Waals surface area contributed by atoms with Crippen LogP contribution in [-0.4, -0.2) is 43.9 Å². The number of hydrogen-bond acceptors (Lipinski definition) is 7. The van der Waals surface area contributed by atoms with Crippen molar-refractivity contribution < 1.29 is 13.2 Å². The molecule has 2 aliphatic carbocycles. The molecule has 0 unspecified atom stereocenters. The van der Waals surface area contributed by atoms with Crippen molar-refractivity contribution in [3.8, 4) is 0 Å². The average Bonchev–Trinajstić information content (AvgIpc) is 3.22. The minimum Gasteiger partial charge on any atom is -0.351 e. The minimum atomic E-state index is -3.05. The first-order valence-corrected chi connectivity index (χ1v) is 13.2. The summed E-state index contributed by atoms with van der Waals surface area (Å²) in [6.45, 7) is 0.723. The van der Waals surface area contributed by atoms with Crippen LogP contribution in [0.4, 0.5) is 23.1 Å². The van der Waals surface area contributed by atoms with E-state index in [1.165, 1.54) is 12.8 Å². The summed E-state index contributed by atoms with van der Waals surface area (Å²) in [5.41, 5.74) is 2.94. The molecule has 6 rings (SSSR count). The Morgan fingerprint density at radius 1 is 1.12 bits per heavy atom. The Balaban J connectivity index is 1.36. The van der Waals surface area contributed by atoms with E-state index in [9.17, 15) is 13.2 Å². The van der Waals surface area contributed by atoms with Crippen molar-refractivity contribution >= 4 is 38.9 Å². The molecule has 3 heterocycles. The van der Waals surface area contributed by atoms with Gasteiger partial charge in [-0.05, 0) is 48.9 Å². The molecule has 4 aliphatic rings. The normalized spacial score (nSPS) is 23.2. The van der Waals surface area contributed by atoms with E-state index in [4.69, 9.17) is 4.98 Å². The highest BCUT2D eigenvalue weighted by molar-refractivity contribution is 7.90.